The highest BCUT2D eigenvalue weighted by Gasteiger charge is 2.27. The fraction of sp³-hybridized carbons (Fsp3) is 1.00. The van der Waals surface area contributed by atoms with E-state index in [4.69, 9.17) is 10.5 Å². The van der Waals surface area contributed by atoms with Gasteiger partial charge in [-0.1, -0.05) is 0 Å². The molecule has 78 valence electrons. The lowest BCUT2D eigenvalue weighted by molar-refractivity contribution is 0.0477. The maximum Gasteiger partial charge on any atom is 0.0674 e. The Labute approximate surface area is 81.2 Å². The quantitative estimate of drug-likeness (QED) is 0.694. The Kier molecular flexibility index (Phi) is 3.71. The standard InChI is InChI=1S/C10H22N2O/c1-9-7-12(5-4-6-13-9)10(2,3)8-11/h9H,4-8,11H2,1-3H3. The van der Waals surface area contributed by atoms with Crippen LogP contribution >= 0.6 is 0 Å². The maximum atomic E-state index is 5.75. The lowest BCUT2D eigenvalue weighted by atomic mass is 10.0. The Hall–Kier alpha value is -0.120. The molecule has 0 aromatic rings. The van der Waals surface area contributed by atoms with Crippen molar-refractivity contribution in [3.8, 4) is 0 Å². The van der Waals surface area contributed by atoms with E-state index in [2.05, 4.69) is 25.7 Å². The summed E-state index contributed by atoms with van der Waals surface area (Å²) < 4.78 is 5.59. The molecule has 1 saturated heterocycles. The Balaban J connectivity index is 2.56. The molecule has 1 unspecified atom stereocenters. The molecule has 0 bridgehead atoms. The number of nitrogens with two attached hydrogens (primary N) is 1. The molecule has 0 aromatic carbocycles. The monoisotopic (exact) mass is 186 g/mol. The third-order valence-corrected chi connectivity index (χ3v) is 2.81. The molecule has 13 heavy (non-hydrogen) atoms. The van der Waals surface area contributed by atoms with Crippen LogP contribution in [0.2, 0.25) is 0 Å². The summed E-state index contributed by atoms with van der Waals surface area (Å²) in [5.74, 6) is 0. The molecule has 0 saturated carbocycles. The van der Waals surface area contributed by atoms with Crippen LogP contribution in [0.5, 0.6) is 0 Å². The average Bonchev–Trinajstić information content (AvgIpc) is 2.30. The van der Waals surface area contributed by atoms with Crippen molar-refractivity contribution in [3.63, 3.8) is 0 Å². The van der Waals surface area contributed by atoms with Crippen LogP contribution in [0, 0.1) is 0 Å². The highest BCUT2D eigenvalue weighted by atomic mass is 16.5. The van der Waals surface area contributed by atoms with Crippen LogP contribution < -0.4 is 5.73 Å². The van der Waals surface area contributed by atoms with Gasteiger partial charge in [0.15, 0.2) is 0 Å². The predicted molar refractivity (Wildman–Crippen MR) is 54.7 cm³/mol. The van der Waals surface area contributed by atoms with E-state index in [-0.39, 0.29) is 5.54 Å². The van der Waals surface area contributed by atoms with Crippen LogP contribution in [-0.4, -0.2) is 42.8 Å². The number of hydrogen-bond donors (Lipinski definition) is 1. The third kappa shape index (κ3) is 2.93. The molecule has 1 fully saturated rings. The molecule has 1 aliphatic rings. The van der Waals surface area contributed by atoms with Gasteiger partial charge in [0.05, 0.1) is 6.10 Å². The normalized spacial score (nSPS) is 27.2. The molecular weight excluding hydrogens is 164 g/mol. The van der Waals surface area contributed by atoms with Gasteiger partial charge in [-0.2, -0.15) is 0 Å². The van der Waals surface area contributed by atoms with E-state index in [1.54, 1.807) is 0 Å². The van der Waals surface area contributed by atoms with Crippen molar-refractivity contribution in [1.82, 2.24) is 4.90 Å². The number of hydrogen-bond acceptors (Lipinski definition) is 3. The van der Waals surface area contributed by atoms with E-state index in [1.807, 2.05) is 0 Å². The largest absolute Gasteiger partial charge is 0.377 e. The Morgan fingerprint density at radius 1 is 1.54 bits per heavy atom. The molecular formula is C10H22N2O. The summed E-state index contributed by atoms with van der Waals surface area (Å²) >= 11 is 0. The molecule has 1 aliphatic heterocycles. The SMILES string of the molecule is CC1CN(C(C)(C)CN)CCCO1. The van der Waals surface area contributed by atoms with Crippen molar-refractivity contribution < 1.29 is 4.74 Å². The first-order valence-electron chi connectivity index (χ1n) is 5.13. The molecule has 3 nitrogen and oxygen atoms in total. The Morgan fingerprint density at radius 2 is 2.23 bits per heavy atom. The fourth-order valence-electron chi connectivity index (χ4n) is 1.67. The van der Waals surface area contributed by atoms with Gasteiger partial charge in [0.25, 0.3) is 0 Å². The first kappa shape index (κ1) is 11.0. The molecule has 3 heteroatoms. The van der Waals surface area contributed by atoms with E-state index in [1.165, 1.54) is 0 Å². The van der Waals surface area contributed by atoms with Crippen molar-refractivity contribution in [2.45, 2.75) is 38.8 Å². The zero-order valence-electron chi connectivity index (χ0n) is 9.05. The topological polar surface area (TPSA) is 38.5 Å². The van der Waals surface area contributed by atoms with Crippen LogP contribution in [0.25, 0.3) is 0 Å². The van der Waals surface area contributed by atoms with Crippen LogP contribution in [0.4, 0.5) is 0 Å². The fourth-order valence-corrected chi connectivity index (χ4v) is 1.67. The zero-order chi connectivity index (χ0) is 9.90. The van der Waals surface area contributed by atoms with Gasteiger partial charge in [-0.25, -0.2) is 0 Å². The van der Waals surface area contributed by atoms with E-state index in [9.17, 15) is 0 Å². The molecule has 2 N–H and O–H groups in total. The van der Waals surface area contributed by atoms with Gasteiger partial charge in [-0.3, -0.25) is 4.90 Å². The molecule has 0 amide bonds. The summed E-state index contributed by atoms with van der Waals surface area (Å²) in [6.45, 7) is 10.2. The summed E-state index contributed by atoms with van der Waals surface area (Å²) in [6, 6.07) is 0. The lowest BCUT2D eigenvalue weighted by Crippen LogP contribution is -2.51. The molecule has 0 radical (unpaired) electrons. The van der Waals surface area contributed by atoms with Crippen molar-refractivity contribution in [3.05, 3.63) is 0 Å². The van der Waals surface area contributed by atoms with E-state index in [0.717, 1.165) is 26.1 Å². The lowest BCUT2D eigenvalue weighted by Gasteiger charge is -2.37. The first-order chi connectivity index (χ1) is 6.06. The van der Waals surface area contributed by atoms with Crippen molar-refractivity contribution in [2.24, 2.45) is 5.73 Å². The van der Waals surface area contributed by atoms with E-state index >= 15 is 0 Å². The van der Waals surface area contributed by atoms with E-state index in [0.29, 0.717) is 12.6 Å². The second kappa shape index (κ2) is 4.40. The summed E-state index contributed by atoms with van der Waals surface area (Å²) in [5, 5.41) is 0. The summed E-state index contributed by atoms with van der Waals surface area (Å²) in [7, 11) is 0. The van der Waals surface area contributed by atoms with Gasteiger partial charge in [0, 0.05) is 31.8 Å². The van der Waals surface area contributed by atoms with Gasteiger partial charge < -0.3 is 10.5 Å². The van der Waals surface area contributed by atoms with Crippen LogP contribution in [0.1, 0.15) is 27.2 Å². The van der Waals surface area contributed by atoms with Gasteiger partial charge in [0.2, 0.25) is 0 Å². The molecule has 0 aliphatic carbocycles. The molecule has 1 atom stereocenters. The second-order valence-electron chi connectivity index (χ2n) is 4.50. The minimum absolute atomic E-state index is 0.113. The molecule has 1 rings (SSSR count). The first-order valence-corrected chi connectivity index (χ1v) is 5.13. The van der Waals surface area contributed by atoms with Crippen LogP contribution in [0.3, 0.4) is 0 Å². The van der Waals surface area contributed by atoms with Crippen molar-refractivity contribution in [1.29, 1.82) is 0 Å². The van der Waals surface area contributed by atoms with Gasteiger partial charge >= 0.3 is 0 Å². The van der Waals surface area contributed by atoms with Crippen molar-refractivity contribution in [2.75, 3.05) is 26.2 Å². The Morgan fingerprint density at radius 3 is 2.85 bits per heavy atom. The Bertz CT molecular complexity index is 159. The highest BCUT2D eigenvalue weighted by molar-refractivity contribution is 4.84. The van der Waals surface area contributed by atoms with Crippen molar-refractivity contribution >= 4 is 0 Å². The minimum Gasteiger partial charge on any atom is -0.377 e. The number of ether oxygens (including phenoxy) is 1. The number of rotatable bonds is 2. The van der Waals surface area contributed by atoms with Gasteiger partial charge in [-0.05, 0) is 27.2 Å². The van der Waals surface area contributed by atoms with Gasteiger partial charge in [-0.15, -0.1) is 0 Å². The highest BCUT2D eigenvalue weighted by Crippen LogP contribution is 2.16. The average molecular weight is 186 g/mol. The van der Waals surface area contributed by atoms with Gasteiger partial charge in [0.1, 0.15) is 0 Å². The summed E-state index contributed by atoms with van der Waals surface area (Å²) in [5.41, 5.74) is 5.86. The molecule has 0 aromatic heterocycles. The molecule has 1 heterocycles. The summed E-state index contributed by atoms with van der Waals surface area (Å²) in [4.78, 5) is 2.44. The van der Waals surface area contributed by atoms with Crippen LogP contribution in [0.15, 0.2) is 0 Å². The third-order valence-electron chi connectivity index (χ3n) is 2.81. The predicted octanol–water partition coefficient (Wildman–Crippen LogP) is 0.834. The molecule has 0 spiro atoms. The smallest absolute Gasteiger partial charge is 0.0674 e. The maximum absolute atomic E-state index is 5.75. The summed E-state index contributed by atoms with van der Waals surface area (Å²) in [6.07, 6.45) is 1.46. The minimum atomic E-state index is 0.113. The zero-order valence-corrected chi connectivity index (χ0v) is 9.05. The van der Waals surface area contributed by atoms with E-state index < -0.39 is 0 Å². The second-order valence-corrected chi connectivity index (χ2v) is 4.50. The number of nitrogens with zero attached hydrogens (tertiary/aromatic N) is 1. The van der Waals surface area contributed by atoms with Crippen LogP contribution in [-0.2, 0) is 4.74 Å².